The number of rotatable bonds is 6. The Morgan fingerprint density at radius 1 is 0.679 bits per heavy atom. The van der Waals surface area contributed by atoms with Gasteiger partial charge in [-0.25, -0.2) is 4.98 Å². The Balaban J connectivity index is 2.10. The van der Waals surface area contributed by atoms with E-state index in [4.69, 9.17) is 0 Å². The van der Waals surface area contributed by atoms with Gasteiger partial charge in [0.25, 0.3) is 8.24 Å². The molecule has 0 fully saturated rings. The smallest absolute Gasteiger partial charge is 0.255 e. The van der Waals surface area contributed by atoms with Gasteiger partial charge in [0.1, 0.15) is 0 Å². The van der Waals surface area contributed by atoms with Gasteiger partial charge in [-0.3, -0.25) is 0 Å². The van der Waals surface area contributed by atoms with Crippen LogP contribution in [0.3, 0.4) is 0 Å². The SMILES string of the molecule is CCN(c1nccnn1)[Si](c1ccccc1)(c1ccccc1)c1ccccc1. The van der Waals surface area contributed by atoms with E-state index in [-0.39, 0.29) is 0 Å². The second-order valence-corrected chi connectivity index (χ2v) is 10.2. The van der Waals surface area contributed by atoms with Gasteiger partial charge in [0, 0.05) is 6.54 Å². The molecule has 138 valence electrons. The quantitative estimate of drug-likeness (QED) is 0.379. The third-order valence-electron chi connectivity index (χ3n) is 5.01. The first-order valence-electron chi connectivity index (χ1n) is 9.45. The molecule has 1 heterocycles. The maximum Gasteiger partial charge on any atom is 0.255 e. The average molecular weight is 383 g/mol. The van der Waals surface area contributed by atoms with Gasteiger partial charge >= 0.3 is 0 Å². The number of hydrogen-bond donors (Lipinski definition) is 0. The summed E-state index contributed by atoms with van der Waals surface area (Å²) in [5, 5.41) is 12.4. The Bertz CT molecular complexity index is 899. The summed E-state index contributed by atoms with van der Waals surface area (Å²) in [5.74, 6) is 0.660. The summed E-state index contributed by atoms with van der Waals surface area (Å²) in [6, 6.07) is 32.2. The number of benzene rings is 3. The van der Waals surface area contributed by atoms with Crippen LogP contribution in [-0.4, -0.2) is 30.0 Å². The molecular formula is C23H22N4Si. The third kappa shape index (κ3) is 3.10. The van der Waals surface area contributed by atoms with Crippen molar-refractivity contribution in [2.75, 3.05) is 11.1 Å². The fourth-order valence-corrected chi connectivity index (χ4v) is 8.73. The van der Waals surface area contributed by atoms with Crippen molar-refractivity contribution in [2.24, 2.45) is 0 Å². The number of nitrogens with zero attached hydrogens (tertiary/aromatic N) is 4. The molecule has 0 aliphatic heterocycles. The largest absolute Gasteiger partial charge is 0.354 e. The van der Waals surface area contributed by atoms with Crippen molar-refractivity contribution in [3.05, 3.63) is 103 Å². The highest BCUT2D eigenvalue weighted by Crippen LogP contribution is 2.18. The Labute approximate surface area is 166 Å². The van der Waals surface area contributed by atoms with Crippen LogP contribution < -0.4 is 20.1 Å². The van der Waals surface area contributed by atoms with Crippen molar-refractivity contribution in [1.29, 1.82) is 0 Å². The molecule has 0 bridgehead atoms. The van der Waals surface area contributed by atoms with Crippen LogP contribution in [0, 0.1) is 0 Å². The van der Waals surface area contributed by atoms with Crippen LogP contribution in [0.4, 0.5) is 5.95 Å². The monoisotopic (exact) mass is 382 g/mol. The van der Waals surface area contributed by atoms with E-state index in [1.807, 2.05) is 0 Å². The molecule has 28 heavy (non-hydrogen) atoms. The molecule has 0 amide bonds. The van der Waals surface area contributed by atoms with Crippen LogP contribution in [0.2, 0.25) is 0 Å². The molecule has 1 aromatic heterocycles. The van der Waals surface area contributed by atoms with E-state index in [0.29, 0.717) is 5.95 Å². The van der Waals surface area contributed by atoms with Crippen molar-refractivity contribution in [3.8, 4) is 0 Å². The fraction of sp³-hybridized carbons (Fsp3) is 0.0870. The van der Waals surface area contributed by atoms with Gasteiger partial charge < -0.3 is 4.57 Å². The van der Waals surface area contributed by atoms with Gasteiger partial charge in [0.05, 0.1) is 12.4 Å². The van der Waals surface area contributed by atoms with Gasteiger partial charge in [0.15, 0.2) is 0 Å². The normalized spacial score (nSPS) is 11.2. The summed E-state index contributed by atoms with van der Waals surface area (Å²) < 4.78 is 2.36. The maximum absolute atomic E-state index is 4.58. The average Bonchev–Trinajstić information content (AvgIpc) is 2.80. The summed E-state index contributed by atoms with van der Waals surface area (Å²) in [6.45, 7) is 2.93. The first kappa shape index (κ1) is 18.1. The molecule has 4 aromatic rings. The zero-order valence-corrected chi connectivity index (χ0v) is 16.8. The van der Waals surface area contributed by atoms with E-state index in [9.17, 15) is 0 Å². The molecule has 4 nitrogen and oxygen atoms in total. The lowest BCUT2D eigenvalue weighted by atomic mass is 10.3. The van der Waals surface area contributed by atoms with Crippen LogP contribution in [0.1, 0.15) is 6.92 Å². The van der Waals surface area contributed by atoms with Crippen LogP contribution in [0.15, 0.2) is 103 Å². The van der Waals surface area contributed by atoms with Gasteiger partial charge in [0.2, 0.25) is 5.95 Å². The van der Waals surface area contributed by atoms with Gasteiger partial charge in [-0.1, -0.05) is 91.0 Å². The Morgan fingerprint density at radius 3 is 1.50 bits per heavy atom. The Morgan fingerprint density at radius 2 is 1.14 bits per heavy atom. The van der Waals surface area contributed by atoms with Gasteiger partial charge in [-0.15, -0.1) is 5.10 Å². The summed E-state index contributed by atoms with van der Waals surface area (Å²) >= 11 is 0. The highest BCUT2D eigenvalue weighted by molar-refractivity contribution is 7.13. The molecule has 0 saturated carbocycles. The standard InChI is InChI=1S/C23H22N4Si/c1-2-27(23-24-18-19-25-26-23)28(20-12-6-3-7-13-20,21-14-8-4-9-15-21)22-16-10-5-11-17-22/h3-19H,2H2,1H3. The molecular weight excluding hydrogens is 360 g/mol. The Kier molecular flexibility index (Phi) is 5.26. The summed E-state index contributed by atoms with van der Waals surface area (Å²) in [6.07, 6.45) is 3.33. The minimum Gasteiger partial charge on any atom is -0.354 e. The molecule has 5 heteroatoms. The van der Waals surface area contributed by atoms with E-state index in [1.54, 1.807) is 12.4 Å². The van der Waals surface area contributed by atoms with Crippen LogP contribution in [-0.2, 0) is 0 Å². The third-order valence-corrected chi connectivity index (χ3v) is 9.84. The highest BCUT2D eigenvalue weighted by Gasteiger charge is 2.46. The predicted octanol–water partition coefficient (Wildman–Crippen LogP) is 2.37. The van der Waals surface area contributed by atoms with Crippen molar-refractivity contribution in [2.45, 2.75) is 6.92 Å². The maximum atomic E-state index is 4.58. The number of hydrogen-bond acceptors (Lipinski definition) is 4. The molecule has 0 aliphatic rings. The van der Waals surface area contributed by atoms with Crippen molar-refractivity contribution < 1.29 is 0 Å². The second-order valence-electron chi connectivity index (χ2n) is 6.50. The molecule has 0 N–H and O–H groups in total. The summed E-state index contributed by atoms with van der Waals surface area (Å²) in [7, 11) is -2.63. The molecule has 4 rings (SSSR count). The van der Waals surface area contributed by atoms with Crippen molar-refractivity contribution in [1.82, 2.24) is 15.2 Å². The van der Waals surface area contributed by atoms with E-state index in [1.165, 1.54) is 15.6 Å². The lowest BCUT2D eigenvalue weighted by Crippen LogP contribution is -2.78. The molecule has 0 unspecified atom stereocenters. The minimum atomic E-state index is -2.63. The molecule has 3 aromatic carbocycles. The van der Waals surface area contributed by atoms with Crippen LogP contribution in [0.5, 0.6) is 0 Å². The topological polar surface area (TPSA) is 41.9 Å². The van der Waals surface area contributed by atoms with E-state index in [2.05, 4.69) is 118 Å². The lowest BCUT2D eigenvalue weighted by molar-refractivity contribution is 0.905. The molecule has 0 radical (unpaired) electrons. The first-order chi connectivity index (χ1) is 13.9. The zero-order valence-electron chi connectivity index (χ0n) is 15.8. The van der Waals surface area contributed by atoms with E-state index in [0.717, 1.165) is 6.54 Å². The lowest BCUT2D eigenvalue weighted by Gasteiger charge is -2.42. The molecule has 0 spiro atoms. The van der Waals surface area contributed by atoms with Gasteiger partial charge in [-0.05, 0) is 22.5 Å². The highest BCUT2D eigenvalue weighted by atomic mass is 28.3. The summed E-state index contributed by atoms with van der Waals surface area (Å²) in [4.78, 5) is 4.58. The molecule has 0 aliphatic carbocycles. The second kappa shape index (κ2) is 8.15. The van der Waals surface area contributed by atoms with E-state index < -0.39 is 8.24 Å². The minimum absolute atomic E-state index is 0.660. The number of anilines is 1. The number of aromatic nitrogens is 3. The molecule has 0 atom stereocenters. The first-order valence-corrected chi connectivity index (χ1v) is 11.4. The van der Waals surface area contributed by atoms with Crippen molar-refractivity contribution in [3.63, 3.8) is 0 Å². The van der Waals surface area contributed by atoms with Crippen molar-refractivity contribution >= 4 is 29.7 Å². The molecule has 0 saturated heterocycles. The Hall–Kier alpha value is -3.31. The fourth-order valence-electron chi connectivity index (χ4n) is 3.90. The predicted molar refractivity (Wildman–Crippen MR) is 117 cm³/mol. The van der Waals surface area contributed by atoms with E-state index >= 15 is 0 Å². The summed E-state index contributed by atoms with van der Waals surface area (Å²) in [5.41, 5.74) is 0. The van der Waals surface area contributed by atoms with Crippen LogP contribution in [0.25, 0.3) is 0 Å². The zero-order chi connectivity index (χ0) is 19.2. The van der Waals surface area contributed by atoms with Crippen LogP contribution >= 0.6 is 0 Å². The van der Waals surface area contributed by atoms with Gasteiger partial charge in [-0.2, -0.15) is 5.10 Å².